The van der Waals surface area contributed by atoms with E-state index < -0.39 is 0 Å². The quantitative estimate of drug-likeness (QED) is 0.679. The molecule has 0 aliphatic rings. The van der Waals surface area contributed by atoms with Crippen molar-refractivity contribution in [2.24, 2.45) is 5.73 Å². The largest absolute Gasteiger partial charge is 0.492 e. The maximum atomic E-state index is 10.8. The number of nitrogens with two attached hydrogens (primary N) is 1. The molecular formula is C16H21BrN4O3. The Bertz CT molecular complexity index is 703. The Hall–Kier alpha value is -2.22. The van der Waals surface area contributed by atoms with Gasteiger partial charge in [-0.05, 0) is 40.5 Å². The summed E-state index contributed by atoms with van der Waals surface area (Å²) in [6.07, 6.45) is 2.07. The Morgan fingerprint density at radius 2 is 2.25 bits per heavy atom. The molecule has 1 aromatic heterocycles. The van der Waals surface area contributed by atoms with E-state index in [-0.39, 0.29) is 12.3 Å². The minimum absolute atomic E-state index is 0.268. The predicted octanol–water partition coefficient (Wildman–Crippen LogP) is 2.54. The fourth-order valence-corrected chi connectivity index (χ4v) is 2.83. The first-order chi connectivity index (χ1) is 11.5. The highest BCUT2D eigenvalue weighted by Crippen LogP contribution is 2.36. The minimum Gasteiger partial charge on any atom is -0.492 e. The van der Waals surface area contributed by atoms with E-state index in [0.29, 0.717) is 31.2 Å². The van der Waals surface area contributed by atoms with E-state index in [0.717, 1.165) is 15.9 Å². The molecule has 7 nitrogen and oxygen atoms in total. The third-order valence-electron chi connectivity index (χ3n) is 3.27. The van der Waals surface area contributed by atoms with Gasteiger partial charge in [0.25, 0.3) is 0 Å². The van der Waals surface area contributed by atoms with Crippen molar-refractivity contribution < 1.29 is 14.3 Å². The standard InChI is InChI=1S/C16H21BrN4O3/c1-3-24-13-9-11(8-12(17)16(13)23-2)10-19-15-5-7-21(20-15)6-4-14(18)22/h5,7-9H,3-4,6,10H2,1-2H3,(H2,18,22)(H,19,20). The number of ether oxygens (including phenoxy) is 2. The summed E-state index contributed by atoms with van der Waals surface area (Å²) in [6, 6.07) is 5.76. The van der Waals surface area contributed by atoms with E-state index in [4.69, 9.17) is 15.2 Å². The molecule has 0 unspecified atom stereocenters. The highest BCUT2D eigenvalue weighted by atomic mass is 79.9. The van der Waals surface area contributed by atoms with Crippen molar-refractivity contribution in [1.82, 2.24) is 9.78 Å². The zero-order valence-corrected chi connectivity index (χ0v) is 15.3. The zero-order chi connectivity index (χ0) is 17.5. The van der Waals surface area contributed by atoms with Gasteiger partial charge in [-0.3, -0.25) is 9.48 Å². The number of amides is 1. The molecule has 1 amide bonds. The van der Waals surface area contributed by atoms with Gasteiger partial charge in [-0.1, -0.05) is 0 Å². The highest BCUT2D eigenvalue weighted by molar-refractivity contribution is 9.10. The number of anilines is 1. The minimum atomic E-state index is -0.341. The van der Waals surface area contributed by atoms with Gasteiger partial charge in [0.05, 0.1) is 18.2 Å². The van der Waals surface area contributed by atoms with Crippen LogP contribution in [0.3, 0.4) is 0 Å². The Morgan fingerprint density at radius 3 is 2.92 bits per heavy atom. The first-order valence-electron chi connectivity index (χ1n) is 7.58. The van der Waals surface area contributed by atoms with Crippen LogP contribution < -0.4 is 20.5 Å². The Labute approximate surface area is 149 Å². The van der Waals surface area contributed by atoms with Crippen molar-refractivity contribution in [3.8, 4) is 11.5 Å². The smallest absolute Gasteiger partial charge is 0.219 e. The number of rotatable bonds is 9. The molecule has 0 saturated carbocycles. The fourth-order valence-electron chi connectivity index (χ4n) is 2.18. The third-order valence-corrected chi connectivity index (χ3v) is 3.86. The number of methoxy groups -OCH3 is 1. The molecule has 3 N–H and O–H groups in total. The van der Waals surface area contributed by atoms with Crippen LogP contribution in [-0.2, 0) is 17.9 Å². The van der Waals surface area contributed by atoms with Crippen LogP contribution in [0.4, 0.5) is 5.82 Å². The van der Waals surface area contributed by atoms with E-state index in [1.807, 2.05) is 25.1 Å². The molecule has 24 heavy (non-hydrogen) atoms. The maximum absolute atomic E-state index is 10.8. The van der Waals surface area contributed by atoms with Crippen molar-refractivity contribution in [3.63, 3.8) is 0 Å². The molecule has 0 atom stereocenters. The summed E-state index contributed by atoms with van der Waals surface area (Å²) in [7, 11) is 1.61. The molecule has 0 aliphatic heterocycles. The maximum Gasteiger partial charge on any atom is 0.219 e. The Morgan fingerprint density at radius 1 is 1.46 bits per heavy atom. The lowest BCUT2D eigenvalue weighted by Gasteiger charge is -2.13. The van der Waals surface area contributed by atoms with Crippen LogP contribution >= 0.6 is 15.9 Å². The van der Waals surface area contributed by atoms with E-state index in [9.17, 15) is 4.79 Å². The Kier molecular flexibility index (Phi) is 6.48. The average Bonchev–Trinajstić information content (AvgIpc) is 2.99. The summed E-state index contributed by atoms with van der Waals surface area (Å²) in [5.74, 6) is 1.76. The summed E-state index contributed by atoms with van der Waals surface area (Å²) in [6.45, 7) is 3.54. The van der Waals surface area contributed by atoms with E-state index >= 15 is 0 Å². The van der Waals surface area contributed by atoms with Gasteiger partial charge in [-0.25, -0.2) is 0 Å². The molecule has 2 aromatic rings. The van der Waals surface area contributed by atoms with E-state index in [1.54, 1.807) is 18.0 Å². The lowest BCUT2D eigenvalue weighted by Crippen LogP contribution is -2.14. The number of primary amides is 1. The van der Waals surface area contributed by atoms with Gasteiger partial charge in [-0.15, -0.1) is 0 Å². The van der Waals surface area contributed by atoms with Crippen LogP contribution in [0.2, 0.25) is 0 Å². The summed E-state index contributed by atoms with van der Waals surface area (Å²) in [5, 5.41) is 7.58. The van der Waals surface area contributed by atoms with Gasteiger partial charge in [-0.2, -0.15) is 5.10 Å². The van der Waals surface area contributed by atoms with Gasteiger partial charge < -0.3 is 20.5 Å². The van der Waals surface area contributed by atoms with Crippen LogP contribution in [0.1, 0.15) is 18.9 Å². The summed E-state index contributed by atoms with van der Waals surface area (Å²) in [4.78, 5) is 10.8. The second-order valence-corrected chi connectivity index (χ2v) is 5.93. The molecule has 0 aliphatic carbocycles. The fraction of sp³-hybridized carbons (Fsp3) is 0.375. The molecule has 130 valence electrons. The number of aryl methyl sites for hydroxylation is 1. The second-order valence-electron chi connectivity index (χ2n) is 5.08. The van der Waals surface area contributed by atoms with Crippen LogP contribution in [-0.4, -0.2) is 29.4 Å². The summed E-state index contributed by atoms with van der Waals surface area (Å²) < 4.78 is 13.5. The monoisotopic (exact) mass is 396 g/mol. The first kappa shape index (κ1) is 18.1. The molecule has 2 rings (SSSR count). The van der Waals surface area contributed by atoms with Crippen molar-refractivity contribution in [2.45, 2.75) is 26.4 Å². The number of hydrogen-bond donors (Lipinski definition) is 2. The van der Waals surface area contributed by atoms with Crippen LogP contribution in [0, 0.1) is 0 Å². The van der Waals surface area contributed by atoms with E-state index in [1.165, 1.54) is 0 Å². The zero-order valence-electron chi connectivity index (χ0n) is 13.7. The molecule has 1 aromatic carbocycles. The van der Waals surface area contributed by atoms with Gasteiger partial charge in [0.1, 0.15) is 5.82 Å². The second kappa shape index (κ2) is 8.58. The van der Waals surface area contributed by atoms with Gasteiger partial charge in [0.15, 0.2) is 11.5 Å². The van der Waals surface area contributed by atoms with E-state index in [2.05, 4.69) is 26.3 Å². The molecule has 8 heteroatoms. The van der Waals surface area contributed by atoms with Crippen molar-refractivity contribution in [2.75, 3.05) is 19.0 Å². The molecule has 0 radical (unpaired) electrons. The molecule has 1 heterocycles. The lowest BCUT2D eigenvalue weighted by atomic mass is 10.2. The summed E-state index contributed by atoms with van der Waals surface area (Å²) in [5.41, 5.74) is 6.16. The normalized spacial score (nSPS) is 10.5. The number of halogens is 1. The summed E-state index contributed by atoms with van der Waals surface area (Å²) >= 11 is 3.50. The molecule has 0 spiro atoms. The van der Waals surface area contributed by atoms with Crippen LogP contribution in [0.15, 0.2) is 28.9 Å². The number of benzene rings is 1. The lowest BCUT2D eigenvalue weighted by molar-refractivity contribution is -0.118. The average molecular weight is 397 g/mol. The Balaban J connectivity index is 2.02. The van der Waals surface area contributed by atoms with Crippen LogP contribution in [0.25, 0.3) is 0 Å². The first-order valence-corrected chi connectivity index (χ1v) is 8.37. The number of hydrogen-bond acceptors (Lipinski definition) is 5. The topological polar surface area (TPSA) is 91.4 Å². The number of carbonyl (C=O) groups excluding carboxylic acids is 1. The predicted molar refractivity (Wildman–Crippen MR) is 95.2 cm³/mol. The molecule has 0 bridgehead atoms. The SMILES string of the molecule is CCOc1cc(CNc2ccn(CCC(N)=O)n2)cc(Br)c1OC. The van der Waals surface area contributed by atoms with Crippen molar-refractivity contribution in [1.29, 1.82) is 0 Å². The molecule has 0 saturated heterocycles. The van der Waals surface area contributed by atoms with Crippen molar-refractivity contribution >= 4 is 27.7 Å². The third kappa shape index (κ3) is 4.89. The number of nitrogens with zero attached hydrogens (tertiary/aromatic N) is 2. The van der Waals surface area contributed by atoms with Gasteiger partial charge >= 0.3 is 0 Å². The van der Waals surface area contributed by atoms with Gasteiger partial charge in [0, 0.05) is 31.8 Å². The van der Waals surface area contributed by atoms with Crippen molar-refractivity contribution in [3.05, 3.63) is 34.4 Å². The number of carbonyl (C=O) groups is 1. The van der Waals surface area contributed by atoms with Gasteiger partial charge in [0.2, 0.25) is 5.91 Å². The van der Waals surface area contributed by atoms with Crippen LogP contribution in [0.5, 0.6) is 11.5 Å². The molecule has 0 fully saturated rings. The highest BCUT2D eigenvalue weighted by Gasteiger charge is 2.11. The number of aromatic nitrogens is 2. The number of nitrogens with one attached hydrogen (secondary N) is 1. The molecular weight excluding hydrogens is 376 g/mol.